The number of nitriles is 1. The van der Waals surface area contributed by atoms with E-state index in [1.807, 2.05) is 12.1 Å². The number of pyridine rings is 1. The number of hydrogen-bond donors (Lipinski definition) is 0. The van der Waals surface area contributed by atoms with E-state index in [9.17, 15) is 9.65 Å². The maximum atomic E-state index is 13.1. The van der Waals surface area contributed by atoms with Crippen LogP contribution in [0.2, 0.25) is 0 Å². The first-order valence-electron chi connectivity index (χ1n) is 6.36. The van der Waals surface area contributed by atoms with Crippen molar-refractivity contribution in [3.8, 4) is 28.7 Å². The largest absolute Gasteiger partial charge is 0.265 e. The van der Waals surface area contributed by atoms with E-state index in [0.717, 1.165) is 11.1 Å². The molecule has 0 N–H and O–H groups in total. The van der Waals surface area contributed by atoms with Crippen molar-refractivity contribution >= 4 is 0 Å². The number of nitrogens with zero attached hydrogens (tertiary/aromatic N) is 4. The van der Waals surface area contributed by atoms with Crippen LogP contribution in [0, 0.1) is 24.2 Å². The van der Waals surface area contributed by atoms with Gasteiger partial charge in [0, 0.05) is 23.5 Å². The van der Waals surface area contributed by atoms with Crippen molar-refractivity contribution in [2.24, 2.45) is 0 Å². The summed E-state index contributed by atoms with van der Waals surface area (Å²) in [6.45, 7) is 1.76. The lowest BCUT2D eigenvalue weighted by molar-refractivity contribution is 0.628. The van der Waals surface area contributed by atoms with Crippen molar-refractivity contribution < 1.29 is 4.39 Å². The number of aromatic nitrogens is 3. The molecule has 0 fully saturated rings. The number of hydrogen-bond acceptors (Lipinski definition) is 3. The van der Waals surface area contributed by atoms with E-state index in [0.29, 0.717) is 17.2 Å². The van der Waals surface area contributed by atoms with E-state index in [1.54, 1.807) is 31.5 Å². The number of aryl methyl sites for hydroxylation is 1. The lowest BCUT2D eigenvalue weighted by atomic mass is 10.1. The highest BCUT2D eigenvalue weighted by Gasteiger charge is 2.17. The van der Waals surface area contributed by atoms with Crippen LogP contribution in [0.5, 0.6) is 0 Å². The first-order chi connectivity index (χ1) is 10.2. The highest BCUT2D eigenvalue weighted by atomic mass is 19.1. The van der Waals surface area contributed by atoms with Crippen molar-refractivity contribution in [1.29, 1.82) is 5.26 Å². The average molecular weight is 278 g/mol. The Morgan fingerprint density at radius 3 is 2.33 bits per heavy atom. The third-order valence-electron chi connectivity index (χ3n) is 3.22. The Kier molecular flexibility index (Phi) is 3.20. The number of halogens is 1. The molecule has 0 aliphatic rings. The molecule has 102 valence electrons. The normalized spacial score (nSPS) is 10.3. The Labute approximate surface area is 121 Å². The summed E-state index contributed by atoms with van der Waals surface area (Å²) in [5.41, 5.74) is 2.94. The van der Waals surface area contributed by atoms with Gasteiger partial charge in [0.1, 0.15) is 11.6 Å². The van der Waals surface area contributed by atoms with Crippen LogP contribution in [0.3, 0.4) is 0 Å². The standard InChI is InChI=1S/C16H11FN4/c1-11-20-15(12-2-4-14(17)5-3-12)16(21(11)10-18)13-6-8-19-9-7-13/h2-9H,1H3. The molecule has 0 radical (unpaired) electrons. The molecular formula is C16H11FN4. The quantitative estimate of drug-likeness (QED) is 0.722. The molecule has 0 bridgehead atoms. The second-order valence-corrected chi connectivity index (χ2v) is 4.53. The molecule has 0 spiro atoms. The maximum Gasteiger partial charge on any atom is 0.190 e. The molecule has 4 nitrogen and oxygen atoms in total. The average Bonchev–Trinajstić information content (AvgIpc) is 2.85. The number of imidazole rings is 1. The highest BCUT2D eigenvalue weighted by molar-refractivity contribution is 5.79. The summed E-state index contributed by atoms with van der Waals surface area (Å²) >= 11 is 0. The van der Waals surface area contributed by atoms with E-state index in [1.165, 1.54) is 16.7 Å². The van der Waals surface area contributed by atoms with Crippen LogP contribution >= 0.6 is 0 Å². The molecular weight excluding hydrogens is 267 g/mol. The van der Waals surface area contributed by atoms with Crippen molar-refractivity contribution in [3.63, 3.8) is 0 Å². The lowest BCUT2D eigenvalue weighted by Crippen LogP contribution is -1.95. The molecule has 3 aromatic rings. The van der Waals surface area contributed by atoms with E-state index in [4.69, 9.17) is 0 Å². The van der Waals surface area contributed by atoms with E-state index >= 15 is 0 Å². The minimum absolute atomic E-state index is 0.305. The predicted octanol–water partition coefficient (Wildman–Crippen LogP) is 3.39. The molecule has 1 aromatic carbocycles. The van der Waals surface area contributed by atoms with Crippen molar-refractivity contribution in [3.05, 3.63) is 60.4 Å². The molecule has 21 heavy (non-hydrogen) atoms. The molecule has 0 aliphatic carbocycles. The van der Waals surface area contributed by atoms with Gasteiger partial charge in [0.2, 0.25) is 0 Å². The van der Waals surface area contributed by atoms with Crippen LogP contribution in [0.1, 0.15) is 5.82 Å². The third kappa shape index (κ3) is 2.28. The molecule has 0 saturated heterocycles. The van der Waals surface area contributed by atoms with E-state index in [-0.39, 0.29) is 5.82 Å². The fraction of sp³-hybridized carbons (Fsp3) is 0.0625. The molecule has 0 atom stereocenters. The van der Waals surface area contributed by atoms with Gasteiger partial charge in [0.15, 0.2) is 6.19 Å². The summed E-state index contributed by atoms with van der Waals surface area (Å²) in [6.07, 6.45) is 5.44. The van der Waals surface area contributed by atoms with Gasteiger partial charge in [-0.05, 0) is 43.3 Å². The molecule has 2 heterocycles. The summed E-state index contributed by atoms with van der Waals surface area (Å²) in [7, 11) is 0. The maximum absolute atomic E-state index is 13.1. The van der Waals surface area contributed by atoms with Crippen LogP contribution in [0.15, 0.2) is 48.8 Å². The first kappa shape index (κ1) is 13.0. The van der Waals surface area contributed by atoms with Crippen LogP contribution in [0.4, 0.5) is 4.39 Å². The van der Waals surface area contributed by atoms with Crippen LogP contribution in [-0.4, -0.2) is 14.5 Å². The summed E-state index contributed by atoms with van der Waals surface area (Å²) in [5.74, 6) is 0.282. The van der Waals surface area contributed by atoms with E-state index < -0.39 is 0 Å². The molecule has 0 aliphatic heterocycles. The van der Waals surface area contributed by atoms with Crippen LogP contribution in [-0.2, 0) is 0 Å². The van der Waals surface area contributed by atoms with Gasteiger partial charge in [-0.2, -0.15) is 5.26 Å². The Balaban J connectivity index is 2.27. The summed E-state index contributed by atoms with van der Waals surface area (Å²) in [4.78, 5) is 8.44. The zero-order chi connectivity index (χ0) is 14.8. The first-order valence-corrected chi connectivity index (χ1v) is 6.36. The Morgan fingerprint density at radius 1 is 1.05 bits per heavy atom. The Hall–Kier alpha value is -3.00. The molecule has 5 heteroatoms. The fourth-order valence-electron chi connectivity index (χ4n) is 2.24. The smallest absolute Gasteiger partial charge is 0.190 e. The molecule has 0 saturated carbocycles. The van der Waals surface area contributed by atoms with Crippen LogP contribution < -0.4 is 0 Å². The van der Waals surface area contributed by atoms with E-state index in [2.05, 4.69) is 16.2 Å². The van der Waals surface area contributed by atoms with Gasteiger partial charge >= 0.3 is 0 Å². The molecule has 0 unspecified atom stereocenters. The van der Waals surface area contributed by atoms with Gasteiger partial charge in [-0.25, -0.2) is 13.9 Å². The van der Waals surface area contributed by atoms with Crippen LogP contribution in [0.25, 0.3) is 22.5 Å². The van der Waals surface area contributed by atoms with Crippen molar-refractivity contribution in [2.45, 2.75) is 6.92 Å². The number of rotatable bonds is 2. The minimum atomic E-state index is -0.305. The van der Waals surface area contributed by atoms with Gasteiger partial charge in [-0.3, -0.25) is 4.98 Å². The monoisotopic (exact) mass is 278 g/mol. The van der Waals surface area contributed by atoms with Gasteiger partial charge in [0.05, 0.1) is 11.4 Å². The van der Waals surface area contributed by atoms with Gasteiger partial charge in [0.25, 0.3) is 0 Å². The number of benzene rings is 1. The van der Waals surface area contributed by atoms with Crippen molar-refractivity contribution in [1.82, 2.24) is 14.5 Å². The summed E-state index contributed by atoms with van der Waals surface area (Å²) in [5, 5.41) is 9.36. The minimum Gasteiger partial charge on any atom is -0.265 e. The fourth-order valence-corrected chi connectivity index (χ4v) is 2.24. The predicted molar refractivity (Wildman–Crippen MR) is 76.6 cm³/mol. The lowest BCUT2D eigenvalue weighted by Gasteiger charge is -2.05. The topological polar surface area (TPSA) is 54.5 Å². The highest BCUT2D eigenvalue weighted by Crippen LogP contribution is 2.32. The SMILES string of the molecule is Cc1nc(-c2ccc(F)cc2)c(-c2ccncc2)n1C#N. The second kappa shape index (κ2) is 5.17. The van der Waals surface area contributed by atoms with Gasteiger partial charge in [-0.15, -0.1) is 0 Å². The zero-order valence-corrected chi connectivity index (χ0v) is 11.3. The van der Waals surface area contributed by atoms with Gasteiger partial charge in [-0.1, -0.05) is 0 Å². The summed E-state index contributed by atoms with van der Waals surface area (Å²) in [6, 6.07) is 9.71. The van der Waals surface area contributed by atoms with Gasteiger partial charge < -0.3 is 0 Å². The zero-order valence-electron chi connectivity index (χ0n) is 11.3. The molecule has 2 aromatic heterocycles. The Morgan fingerprint density at radius 2 is 1.71 bits per heavy atom. The summed E-state index contributed by atoms with van der Waals surface area (Å²) < 4.78 is 14.6. The third-order valence-corrected chi connectivity index (χ3v) is 3.22. The molecule has 3 rings (SSSR count). The van der Waals surface area contributed by atoms with Crippen molar-refractivity contribution in [2.75, 3.05) is 0 Å². The molecule has 0 amide bonds. The second-order valence-electron chi connectivity index (χ2n) is 4.53. The Bertz CT molecular complexity index is 814.